The van der Waals surface area contributed by atoms with Gasteiger partial charge in [0.15, 0.2) is 17.3 Å². The van der Waals surface area contributed by atoms with Crippen LogP contribution in [0.1, 0.15) is 21.8 Å². The number of ketones is 1. The van der Waals surface area contributed by atoms with E-state index in [1.165, 1.54) is 19.2 Å². The molecule has 0 aromatic heterocycles. The molecule has 24 heavy (non-hydrogen) atoms. The molecule has 0 radical (unpaired) electrons. The normalized spacial score (nSPS) is 16.1. The number of phenolic OH excluding ortho intramolecular Hbond substituents is 1. The van der Waals surface area contributed by atoms with E-state index in [-0.39, 0.29) is 29.6 Å². The molecule has 2 aromatic rings. The average molecular weight is 330 g/mol. The van der Waals surface area contributed by atoms with Crippen molar-refractivity contribution in [3.63, 3.8) is 0 Å². The van der Waals surface area contributed by atoms with Gasteiger partial charge < -0.3 is 24.1 Å². The van der Waals surface area contributed by atoms with Crippen LogP contribution in [0.3, 0.4) is 0 Å². The standard InChI is InChI=1S/C18H18O6/c1-21-10-4-5-11(15(8-10)22-2)13-9-24-17-12(16(13)20)6-7-14(19)18(17)23-3/h4-8,13,19H,9H2,1-3H3. The van der Waals surface area contributed by atoms with Gasteiger partial charge in [0.05, 0.1) is 32.8 Å². The number of aromatic hydroxyl groups is 1. The maximum absolute atomic E-state index is 12.9. The van der Waals surface area contributed by atoms with Crippen molar-refractivity contribution in [1.29, 1.82) is 0 Å². The van der Waals surface area contributed by atoms with Crippen molar-refractivity contribution >= 4 is 5.78 Å². The van der Waals surface area contributed by atoms with E-state index in [4.69, 9.17) is 18.9 Å². The van der Waals surface area contributed by atoms with Crippen LogP contribution in [0.15, 0.2) is 30.3 Å². The molecule has 1 heterocycles. The topological polar surface area (TPSA) is 74.2 Å². The van der Waals surface area contributed by atoms with Crippen molar-refractivity contribution in [2.45, 2.75) is 5.92 Å². The smallest absolute Gasteiger partial charge is 0.203 e. The highest BCUT2D eigenvalue weighted by Gasteiger charge is 2.34. The fourth-order valence-electron chi connectivity index (χ4n) is 2.85. The first-order valence-electron chi connectivity index (χ1n) is 7.39. The summed E-state index contributed by atoms with van der Waals surface area (Å²) in [5.41, 5.74) is 1.10. The highest BCUT2D eigenvalue weighted by atomic mass is 16.5. The third-order valence-corrected chi connectivity index (χ3v) is 4.09. The predicted octanol–water partition coefficient (Wildman–Crippen LogP) is 2.78. The number of rotatable bonds is 4. The molecule has 1 aliphatic heterocycles. The van der Waals surface area contributed by atoms with Gasteiger partial charge in [-0.05, 0) is 18.2 Å². The number of carbonyl (C=O) groups excluding carboxylic acids is 1. The average Bonchev–Trinajstić information content (AvgIpc) is 2.61. The lowest BCUT2D eigenvalue weighted by atomic mass is 9.88. The molecule has 6 nitrogen and oxygen atoms in total. The summed E-state index contributed by atoms with van der Waals surface area (Å²) in [5.74, 6) is 0.958. The van der Waals surface area contributed by atoms with Crippen molar-refractivity contribution < 1.29 is 28.8 Å². The van der Waals surface area contributed by atoms with Gasteiger partial charge in [0.1, 0.15) is 18.1 Å². The van der Waals surface area contributed by atoms with E-state index in [2.05, 4.69) is 0 Å². The van der Waals surface area contributed by atoms with Crippen LogP contribution in [0.5, 0.6) is 28.7 Å². The first-order chi connectivity index (χ1) is 11.6. The Balaban J connectivity index is 2.03. The zero-order valence-electron chi connectivity index (χ0n) is 13.7. The van der Waals surface area contributed by atoms with Crippen molar-refractivity contribution in [3.05, 3.63) is 41.5 Å². The third-order valence-electron chi connectivity index (χ3n) is 4.09. The molecule has 0 fully saturated rings. The monoisotopic (exact) mass is 330 g/mol. The van der Waals surface area contributed by atoms with Crippen LogP contribution in [0, 0.1) is 0 Å². The van der Waals surface area contributed by atoms with E-state index < -0.39 is 5.92 Å². The van der Waals surface area contributed by atoms with Crippen LogP contribution in [-0.2, 0) is 0 Å². The van der Waals surface area contributed by atoms with Crippen molar-refractivity contribution in [1.82, 2.24) is 0 Å². The number of hydrogen-bond donors (Lipinski definition) is 1. The fourth-order valence-corrected chi connectivity index (χ4v) is 2.85. The molecule has 0 bridgehead atoms. The summed E-state index contributed by atoms with van der Waals surface area (Å²) in [4.78, 5) is 12.9. The summed E-state index contributed by atoms with van der Waals surface area (Å²) in [6, 6.07) is 8.27. The highest BCUT2D eigenvalue weighted by Crippen LogP contribution is 2.45. The molecule has 0 saturated heterocycles. The first-order valence-corrected chi connectivity index (χ1v) is 7.39. The van der Waals surface area contributed by atoms with E-state index >= 15 is 0 Å². The lowest BCUT2D eigenvalue weighted by Crippen LogP contribution is -2.26. The fraction of sp³-hybridized carbons (Fsp3) is 0.278. The van der Waals surface area contributed by atoms with Crippen molar-refractivity contribution in [2.24, 2.45) is 0 Å². The second-order valence-electron chi connectivity index (χ2n) is 5.33. The van der Waals surface area contributed by atoms with E-state index in [0.717, 1.165) is 5.56 Å². The van der Waals surface area contributed by atoms with Gasteiger partial charge in [-0.2, -0.15) is 0 Å². The number of Topliss-reactive ketones (excluding diaryl/α,β-unsaturated/α-hetero) is 1. The summed E-state index contributed by atoms with van der Waals surface area (Å²) in [7, 11) is 4.53. The summed E-state index contributed by atoms with van der Waals surface area (Å²) < 4.78 is 21.4. The van der Waals surface area contributed by atoms with Gasteiger partial charge >= 0.3 is 0 Å². The maximum atomic E-state index is 12.9. The number of carbonyl (C=O) groups is 1. The van der Waals surface area contributed by atoms with Gasteiger partial charge in [-0.15, -0.1) is 0 Å². The molecule has 1 unspecified atom stereocenters. The number of benzene rings is 2. The van der Waals surface area contributed by atoms with Gasteiger partial charge in [-0.25, -0.2) is 0 Å². The Morgan fingerprint density at radius 1 is 1.08 bits per heavy atom. The van der Waals surface area contributed by atoms with Crippen LogP contribution in [0.4, 0.5) is 0 Å². The summed E-state index contributed by atoms with van der Waals surface area (Å²) in [6.45, 7) is 0.133. The largest absolute Gasteiger partial charge is 0.504 e. The van der Waals surface area contributed by atoms with Gasteiger partial charge in [0.2, 0.25) is 5.75 Å². The maximum Gasteiger partial charge on any atom is 0.203 e. The molecule has 3 rings (SSSR count). The Bertz CT molecular complexity index is 783. The first kappa shape index (κ1) is 16.0. The van der Waals surface area contributed by atoms with Crippen LogP contribution < -0.4 is 18.9 Å². The van der Waals surface area contributed by atoms with E-state index in [1.807, 2.05) is 0 Å². The lowest BCUT2D eigenvalue weighted by molar-refractivity contribution is 0.0890. The molecule has 1 N–H and O–H groups in total. The van der Waals surface area contributed by atoms with Crippen LogP contribution >= 0.6 is 0 Å². The minimum absolute atomic E-state index is 0.0653. The van der Waals surface area contributed by atoms with Crippen LogP contribution in [0.25, 0.3) is 0 Å². The third kappa shape index (κ3) is 2.50. The zero-order chi connectivity index (χ0) is 17.3. The predicted molar refractivity (Wildman–Crippen MR) is 86.8 cm³/mol. The van der Waals surface area contributed by atoms with E-state index in [1.54, 1.807) is 32.4 Å². The molecule has 0 saturated carbocycles. The number of phenols is 1. The molecule has 1 atom stereocenters. The highest BCUT2D eigenvalue weighted by molar-refractivity contribution is 6.05. The van der Waals surface area contributed by atoms with Crippen LogP contribution in [-0.4, -0.2) is 38.8 Å². The Hall–Kier alpha value is -2.89. The van der Waals surface area contributed by atoms with Gasteiger partial charge in [-0.3, -0.25) is 4.79 Å². The Morgan fingerprint density at radius 2 is 1.88 bits per heavy atom. The second-order valence-corrected chi connectivity index (χ2v) is 5.33. The molecule has 0 amide bonds. The minimum atomic E-state index is -0.507. The number of methoxy groups -OCH3 is 3. The molecule has 0 spiro atoms. The summed E-state index contributed by atoms with van der Waals surface area (Å²) in [6.07, 6.45) is 0. The molecule has 126 valence electrons. The van der Waals surface area contributed by atoms with Gasteiger partial charge in [0, 0.05) is 11.6 Å². The number of fused-ring (bicyclic) bond motifs is 1. The summed E-state index contributed by atoms with van der Waals surface area (Å²) in [5, 5.41) is 9.83. The van der Waals surface area contributed by atoms with E-state index in [9.17, 15) is 9.90 Å². The zero-order valence-corrected chi connectivity index (χ0v) is 13.7. The Labute approximate surface area is 139 Å². The van der Waals surface area contributed by atoms with Crippen molar-refractivity contribution in [2.75, 3.05) is 27.9 Å². The van der Waals surface area contributed by atoms with Crippen molar-refractivity contribution in [3.8, 4) is 28.7 Å². The summed E-state index contributed by atoms with van der Waals surface area (Å²) >= 11 is 0. The molecule has 0 aliphatic carbocycles. The van der Waals surface area contributed by atoms with Gasteiger partial charge in [0.25, 0.3) is 0 Å². The molecule has 6 heteroatoms. The minimum Gasteiger partial charge on any atom is -0.504 e. The van der Waals surface area contributed by atoms with E-state index in [0.29, 0.717) is 17.1 Å². The molecule has 2 aromatic carbocycles. The number of ether oxygens (including phenoxy) is 4. The SMILES string of the molecule is COc1ccc(C2COc3c(ccc(O)c3OC)C2=O)c(OC)c1. The quantitative estimate of drug-likeness (QED) is 0.929. The lowest BCUT2D eigenvalue weighted by Gasteiger charge is -2.27. The molecular formula is C18H18O6. The second kappa shape index (κ2) is 6.31. The molecular weight excluding hydrogens is 312 g/mol. The Morgan fingerprint density at radius 3 is 2.54 bits per heavy atom. The van der Waals surface area contributed by atoms with Crippen LogP contribution in [0.2, 0.25) is 0 Å². The Kier molecular flexibility index (Phi) is 4.20. The molecule has 1 aliphatic rings. The van der Waals surface area contributed by atoms with Gasteiger partial charge in [-0.1, -0.05) is 6.07 Å². The number of hydrogen-bond acceptors (Lipinski definition) is 6.